The summed E-state index contributed by atoms with van der Waals surface area (Å²) in [6.07, 6.45) is 1.29. The van der Waals surface area contributed by atoms with Crippen LogP contribution >= 0.6 is 0 Å². The number of likely N-dealkylation sites (tertiary alicyclic amines) is 1. The topological polar surface area (TPSA) is 72.9 Å². The van der Waals surface area contributed by atoms with Crippen LogP contribution in [0.15, 0.2) is 0 Å². The molecule has 2 amide bonds. The Balaban J connectivity index is 2.53. The van der Waals surface area contributed by atoms with Crippen LogP contribution in [-0.4, -0.2) is 65.7 Å². The molecule has 0 radical (unpaired) electrons. The van der Waals surface area contributed by atoms with Gasteiger partial charge in [-0.2, -0.15) is 0 Å². The van der Waals surface area contributed by atoms with Crippen molar-refractivity contribution in [3.05, 3.63) is 0 Å². The molecule has 18 heavy (non-hydrogen) atoms. The van der Waals surface area contributed by atoms with Gasteiger partial charge < -0.3 is 20.2 Å². The molecule has 0 aromatic heterocycles. The van der Waals surface area contributed by atoms with Crippen LogP contribution in [-0.2, 0) is 4.79 Å². The largest absolute Gasteiger partial charge is 0.480 e. The maximum Gasteiger partial charge on any atom is 0.326 e. The number of hydrogen-bond acceptors (Lipinski definition) is 3. The Morgan fingerprint density at radius 2 is 2.06 bits per heavy atom. The van der Waals surface area contributed by atoms with Gasteiger partial charge in [0.15, 0.2) is 0 Å². The molecule has 2 N–H and O–H groups in total. The molecule has 1 fully saturated rings. The molecule has 6 nitrogen and oxygen atoms in total. The summed E-state index contributed by atoms with van der Waals surface area (Å²) in [5.41, 5.74) is -0.159. The average molecular weight is 257 g/mol. The van der Waals surface area contributed by atoms with Gasteiger partial charge in [0.25, 0.3) is 0 Å². The SMILES string of the molecule is CN(C)C(C)(C)CNC(=O)N1CCCC1C(=O)O. The Kier molecular flexibility index (Phi) is 4.56. The van der Waals surface area contributed by atoms with Gasteiger partial charge in [0.2, 0.25) is 0 Å². The third kappa shape index (κ3) is 3.35. The summed E-state index contributed by atoms with van der Waals surface area (Å²) in [6.45, 7) is 5.05. The molecule has 1 atom stereocenters. The summed E-state index contributed by atoms with van der Waals surface area (Å²) in [7, 11) is 3.89. The fourth-order valence-corrected chi connectivity index (χ4v) is 1.82. The minimum absolute atomic E-state index is 0.159. The number of carboxylic acids is 1. The van der Waals surface area contributed by atoms with Gasteiger partial charge in [0.05, 0.1) is 0 Å². The smallest absolute Gasteiger partial charge is 0.326 e. The lowest BCUT2D eigenvalue weighted by atomic mass is 10.0. The number of carbonyl (C=O) groups excluding carboxylic acids is 1. The average Bonchev–Trinajstić information content (AvgIpc) is 2.74. The second kappa shape index (κ2) is 5.56. The standard InChI is InChI=1S/C12H23N3O3/c1-12(2,14(3)4)8-13-11(18)15-7-5-6-9(15)10(16)17/h9H,5-8H2,1-4H3,(H,13,18)(H,16,17). The predicted octanol–water partition coefficient (Wildman–Crippen LogP) is 0.585. The molecule has 0 aromatic carbocycles. The van der Waals surface area contributed by atoms with Gasteiger partial charge in [-0.3, -0.25) is 0 Å². The van der Waals surface area contributed by atoms with Crippen LogP contribution in [0.5, 0.6) is 0 Å². The fourth-order valence-electron chi connectivity index (χ4n) is 1.82. The predicted molar refractivity (Wildman–Crippen MR) is 68.5 cm³/mol. The summed E-state index contributed by atoms with van der Waals surface area (Å²) < 4.78 is 0. The molecule has 1 aliphatic heterocycles. The van der Waals surface area contributed by atoms with Crippen molar-refractivity contribution >= 4 is 12.0 Å². The first-order chi connectivity index (χ1) is 8.25. The lowest BCUT2D eigenvalue weighted by molar-refractivity contribution is -0.141. The van der Waals surface area contributed by atoms with E-state index in [2.05, 4.69) is 5.32 Å². The molecule has 0 bridgehead atoms. The Morgan fingerprint density at radius 3 is 2.56 bits per heavy atom. The second-order valence-electron chi connectivity index (χ2n) is 5.56. The molecule has 1 saturated heterocycles. The summed E-state index contributed by atoms with van der Waals surface area (Å²) in [6, 6.07) is -0.956. The first kappa shape index (κ1) is 14.8. The minimum atomic E-state index is -0.922. The highest BCUT2D eigenvalue weighted by atomic mass is 16.4. The molecule has 1 rings (SSSR count). The van der Waals surface area contributed by atoms with Crippen LogP contribution in [0.1, 0.15) is 26.7 Å². The highest BCUT2D eigenvalue weighted by Crippen LogP contribution is 2.17. The first-order valence-electron chi connectivity index (χ1n) is 6.20. The zero-order chi connectivity index (χ0) is 13.9. The number of hydrogen-bond donors (Lipinski definition) is 2. The highest BCUT2D eigenvalue weighted by Gasteiger charge is 2.34. The number of rotatable bonds is 4. The van der Waals surface area contributed by atoms with Gasteiger partial charge in [0, 0.05) is 18.6 Å². The van der Waals surface area contributed by atoms with Gasteiger partial charge in [-0.1, -0.05) is 0 Å². The molecular formula is C12H23N3O3. The number of carboxylic acid groups (broad SMARTS) is 1. The Bertz CT molecular complexity index is 329. The zero-order valence-corrected chi connectivity index (χ0v) is 11.6. The maximum atomic E-state index is 12.0. The molecule has 0 spiro atoms. The highest BCUT2D eigenvalue weighted by molar-refractivity contribution is 5.83. The van der Waals surface area contributed by atoms with E-state index in [1.807, 2.05) is 32.8 Å². The molecule has 1 heterocycles. The lowest BCUT2D eigenvalue weighted by Crippen LogP contribution is -2.52. The quantitative estimate of drug-likeness (QED) is 0.773. The molecule has 0 aliphatic carbocycles. The van der Waals surface area contributed by atoms with Crippen LogP contribution in [0.3, 0.4) is 0 Å². The van der Waals surface area contributed by atoms with Crippen molar-refractivity contribution in [1.82, 2.24) is 15.1 Å². The number of nitrogens with zero attached hydrogens (tertiary/aromatic N) is 2. The third-order valence-electron chi connectivity index (χ3n) is 3.68. The van der Waals surface area contributed by atoms with E-state index in [9.17, 15) is 9.59 Å². The van der Waals surface area contributed by atoms with E-state index in [-0.39, 0.29) is 11.6 Å². The minimum Gasteiger partial charge on any atom is -0.480 e. The van der Waals surface area contributed by atoms with Crippen molar-refractivity contribution < 1.29 is 14.7 Å². The summed E-state index contributed by atoms with van der Waals surface area (Å²) in [5.74, 6) is -0.922. The number of carbonyl (C=O) groups is 2. The van der Waals surface area contributed by atoms with Crippen LogP contribution in [0, 0.1) is 0 Å². The van der Waals surface area contributed by atoms with E-state index in [0.29, 0.717) is 19.5 Å². The van der Waals surface area contributed by atoms with E-state index < -0.39 is 12.0 Å². The van der Waals surface area contributed by atoms with Gasteiger partial charge in [-0.25, -0.2) is 9.59 Å². The summed E-state index contributed by atoms with van der Waals surface area (Å²) in [4.78, 5) is 26.4. The van der Waals surface area contributed by atoms with Gasteiger partial charge in [-0.15, -0.1) is 0 Å². The van der Waals surface area contributed by atoms with Crippen LogP contribution in [0.2, 0.25) is 0 Å². The van der Waals surface area contributed by atoms with Crippen LogP contribution < -0.4 is 5.32 Å². The van der Waals surface area contributed by atoms with E-state index in [4.69, 9.17) is 5.11 Å². The summed E-state index contributed by atoms with van der Waals surface area (Å²) >= 11 is 0. The monoisotopic (exact) mass is 257 g/mol. The van der Waals surface area contributed by atoms with Crippen molar-refractivity contribution in [3.8, 4) is 0 Å². The van der Waals surface area contributed by atoms with E-state index in [1.165, 1.54) is 4.90 Å². The molecule has 1 unspecified atom stereocenters. The van der Waals surface area contributed by atoms with Crippen LogP contribution in [0.4, 0.5) is 4.79 Å². The van der Waals surface area contributed by atoms with Crippen LogP contribution in [0.25, 0.3) is 0 Å². The second-order valence-corrected chi connectivity index (χ2v) is 5.56. The molecule has 0 saturated carbocycles. The Labute approximate surface area is 108 Å². The van der Waals surface area contributed by atoms with Crippen molar-refractivity contribution in [1.29, 1.82) is 0 Å². The first-order valence-corrected chi connectivity index (χ1v) is 6.20. The number of nitrogens with one attached hydrogen (secondary N) is 1. The zero-order valence-electron chi connectivity index (χ0n) is 11.6. The van der Waals surface area contributed by atoms with Crippen molar-refractivity contribution in [2.45, 2.75) is 38.3 Å². The number of amides is 2. The van der Waals surface area contributed by atoms with E-state index >= 15 is 0 Å². The van der Waals surface area contributed by atoms with Crippen molar-refractivity contribution in [2.75, 3.05) is 27.2 Å². The third-order valence-corrected chi connectivity index (χ3v) is 3.68. The van der Waals surface area contributed by atoms with Gasteiger partial charge >= 0.3 is 12.0 Å². The normalized spacial score (nSPS) is 20.3. The summed E-state index contributed by atoms with van der Waals surface area (Å²) in [5, 5.41) is 11.8. The fraction of sp³-hybridized carbons (Fsp3) is 0.833. The van der Waals surface area contributed by atoms with Crippen molar-refractivity contribution in [2.24, 2.45) is 0 Å². The lowest BCUT2D eigenvalue weighted by Gasteiger charge is -2.33. The molecule has 104 valence electrons. The van der Waals surface area contributed by atoms with Gasteiger partial charge in [0.1, 0.15) is 6.04 Å². The Hall–Kier alpha value is -1.30. The number of urea groups is 1. The molecule has 0 aromatic rings. The maximum absolute atomic E-state index is 12.0. The van der Waals surface area contributed by atoms with E-state index in [0.717, 1.165) is 6.42 Å². The van der Waals surface area contributed by atoms with Crippen molar-refractivity contribution in [3.63, 3.8) is 0 Å². The number of likely N-dealkylation sites (N-methyl/N-ethyl adjacent to an activating group) is 1. The molecular weight excluding hydrogens is 234 g/mol. The Morgan fingerprint density at radius 1 is 1.44 bits per heavy atom. The molecule has 6 heteroatoms. The van der Waals surface area contributed by atoms with E-state index in [1.54, 1.807) is 0 Å². The molecule has 1 aliphatic rings. The number of aliphatic carboxylic acids is 1. The van der Waals surface area contributed by atoms with Gasteiger partial charge in [-0.05, 0) is 40.8 Å².